The number of fused-ring (bicyclic) bond motifs is 5. The number of carbonyl (C=O) groups excluding carboxylic acids is 2. The van der Waals surface area contributed by atoms with E-state index in [-0.39, 0.29) is 29.3 Å². The zero-order chi connectivity index (χ0) is 17.3. The van der Waals surface area contributed by atoms with E-state index in [0.717, 1.165) is 43.5 Å². The number of hydrogen-bond donors (Lipinski definition) is 2. The molecule has 24 heavy (non-hydrogen) atoms. The van der Waals surface area contributed by atoms with Crippen LogP contribution in [0.2, 0.25) is 0 Å². The number of imide groups is 1. The number of piperidine rings is 1. The largest absolute Gasteiger partial charge is 0.393 e. The van der Waals surface area contributed by atoms with Crippen LogP contribution in [0.25, 0.3) is 0 Å². The van der Waals surface area contributed by atoms with E-state index in [9.17, 15) is 14.7 Å². The quantitative estimate of drug-likeness (QED) is 0.308. The molecule has 3 fully saturated rings. The second kappa shape index (κ2) is 5.15. The molecule has 1 heterocycles. The third kappa shape index (κ3) is 2.00. The van der Waals surface area contributed by atoms with Crippen molar-refractivity contribution in [2.45, 2.75) is 64.9 Å². The van der Waals surface area contributed by atoms with Crippen molar-refractivity contribution in [3.63, 3.8) is 0 Å². The molecule has 4 rings (SSSR count). The van der Waals surface area contributed by atoms with Crippen molar-refractivity contribution in [2.75, 3.05) is 0 Å². The highest BCUT2D eigenvalue weighted by Crippen LogP contribution is 2.62. The van der Waals surface area contributed by atoms with Crippen LogP contribution in [0.4, 0.5) is 0 Å². The van der Waals surface area contributed by atoms with Crippen molar-refractivity contribution in [2.24, 2.45) is 34.4 Å². The first-order valence-corrected chi connectivity index (χ1v) is 9.27. The van der Waals surface area contributed by atoms with Gasteiger partial charge in [-0.2, -0.15) is 0 Å². The molecule has 6 atom stereocenters. The number of allylic oxidation sites excluding steroid dienone is 1. The molecule has 0 aromatic carbocycles. The molecule has 5 nitrogen and oxygen atoms in total. The lowest BCUT2D eigenvalue weighted by Crippen LogP contribution is -2.62. The molecule has 3 N–H and O–H groups in total. The van der Waals surface area contributed by atoms with Gasteiger partial charge in [0.15, 0.2) is 0 Å². The van der Waals surface area contributed by atoms with Crippen LogP contribution in [0.1, 0.15) is 58.8 Å². The Morgan fingerprint density at radius 1 is 1.12 bits per heavy atom. The van der Waals surface area contributed by atoms with Crippen LogP contribution in [-0.2, 0) is 9.59 Å². The van der Waals surface area contributed by atoms with Crippen molar-refractivity contribution in [3.8, 4) is 0 Å². The van der Waals surface area contributed by atoms with Crippen LogP contribution >= 0.6 is 0 Å². The zero-order valence-electron chi connectivity index (χ0n) is 14.6. The number of aliphatic hydroxyl groups is 1. The average molecular weight is 332 g/mol. The Morgan fingerprint density at radius 3 is 2.58 bits per heavy atom. The Labute approximate surface area is 143 Å². The van der Waals surface area contributed by atoms with Gasteiger partial charge < -0.3 is 5.11 Å². The Hall–Kier alpha value is -1.20. The maximum atomic E-state index is 12.7. The lowest BCUT2D eigenvalue weighted by atomic mass is 9.46. The van der Waals surface area contributed by atoms with Gasteiger partial charge in [-0.15, -0.1) is 0 Å². The summed E-state index contributed by atoms with van der Waals surface area (Å²) < 4.78 is 0. The molecule has 132 valence electrons. The predicted octanol–water partition coefficient (Wildman–Crippen LogP) is 2.15. The summed E-state index contributed by atoms with van der Waals surface area (Å²) in [7, 11) is 0. The Bertz CT molecular complexity index is 630. The Morgan fingerprint density at radius 2 is 1.83 bits per heavy atom. The Balaban J connectivity index is 1.71. The van der Waals surface area contributed by atoms with E-state index >= 15 is 0 Å². The van der Waals surface area contributed by atoms with Crippen molar-refractivity contribution in [3.05, 3.63) is 11.6 Å². The number of nitrogens with zero attached hydrogens (tertiary/aromatic N) is 1. The first-order chi connectivity index (χ1) is 11.3. The lowest BCUT2D eigenvalue weighted by Gasteiger charge is -2.59. The van der Waals surface area contributed by atoms with E-state index in [1.807, 2.05) is 6.92 Å². The second-order valence-corrected chi connectivity index (χ2v) is 8.89. The topological polar surface area (TPSA) is 83.6 Å². The number of hydrogen-bond acceptors (Lipinski definition) is 4. The summed E-state index contributed by atoms with van der Waals surface area (Å²) in [6, 6.07) is 0. The molecule has 0 aromatic heterocycles. The SMILES string of the molecule is C[C@@]12CC[C@H]3[C@@H](CC=C4C[C@@H](O)CC[C@@]43C)[C@H]1CC(=O)N(N)C2=O. The molecule has 0 aromatic rings. The summed E-state index contributed by atoms with van der Waals surface area (Å²) in [6.07, 6.45) is 7.88. The average Bonchev–Trinajstić information content (AvgIpc) is 2.55. The van der Waals surface area contributed by atoms with Crippen molar-refractivity contribution < 1.29 is 14.7 Å². The lowest BCUT2D eigenvalue weighted by molar-refractivity contribution is -0.171. The highest BCUT2D eigenvalue weighted by atomic mass is 16.3. The zero-order valence-corrected chi connectivity index (χ0v) is 14.6. The van der Waals surface area contributed by atoms with Crippen molar-refractivity contribution in [1.29, 1.82) is 0 Å². The van der Waals surface area contributed by atoms with Gasteiger partial charge in [0.25, 0.3) is 0 Å². The summed E-state index contributed by atoms with van der Waals surface area (Å²) in [4.78, 5) is 24.9. The fourth-order valence-electron chi connectivity index (χ4n) is 6.28. The van der Waals surface area contributed by atoms with Gasteiger partial charge in [0.1, 0.15) is 0 Å². The highest BCUT2D eigenvalue weighted by Gasteiger charge is 2.60. The summed E-state index contributed by atoms with van der Waals surface area (Å²) >= 11 is 0. The predicted molar refractivity (Wildman–Crippen MR) is 89.1 cm³/mol. The van der Waals surface area contributed by atoms with Gasteiger partial charge in [0, 0.05) is 6.42 Å². The van der Waals surface area contributed by atoms with Crippen LogP contribution < -0.4 is 5.84 Å². The molecule has 2 saturated carbocycles. The maximum Gasteiger partial charge on any atom is 0.249 e. The van der Waals surface area contributed by atoms with Crippen molar-refractivity contribution in [1.82, 2.24) is 5.01 Å². The minimum Gasteiger partial charge on any atom is -0.393 e. The third-order valence-corrected chi connectivity index (χ3v) is 7.84. The molecule has 0 bridgehead atoms. The molecule has 1 aliphatic heterocycles. The van der Waals surface area contributed by atoms with Gasteiger partial charge in [-0.3, -0.25) is 9.59 Å². The van der Waals surface area contributed by atoms with Gasteiger partial charge in [-0.1, -0.05) is 25.5 Å². The minimum atomic E-state index is -0.500. The molecule has 0 unspecified atom stereocenters. The molecule has 4 aliphatic rings. The molecule has 3 aliphatic carbocycles. The number of nitrogens with two attached hydrogens (primary N) is 1. The van der Waals surface area contributed by atoms with Crippen LogP contribution in [0.5, 0.6) is 0 Å². The number of rotatable bonds is 0. The monoisotopic (exact) mass is 332 g/mol. The number of amides is 2. The third-order valence-electron chi connectivity index (χ3n) is 7.84. The molecule has 1 saturated heterocycles. The molecule has 0 spiro atoms. The van der Waals surface area contributed by atoms with Gasteiger partial charge >= 0.3 is 0 Å². The maximum absolute atomic E-state index is 12.7. The molecule has 5 heteroatoms. The van der Waals surface area contributed by atoms with Gasteiger partial charge in [-0.05, 0) is 61.7 Å². The fraction of sp³-hybridized carbons (Fsp3) is 0.789. The van der Waals surface area contributed by atoms with Gasteiger partial charge in [0.05, 0.1) is 11.5 Å². The molecular weight excluding hydrogens is 304 g/mol. The van der Waals surface area contributed by atoms with Gasteiger partial charge in [0.2, 0.25) is 11.8 Å². The number of carbonyl (C=O) groups is 2. The van der Waals surface area contributed by atoms with Crippen molar-refractivity contribution >= 4 is 11.8 Å². The van der Waals surface area contributed by atoms with Crippen LogP contribution in [0.3, 0.4) is 0 Å². The normalized spacial score (nSPS) is 48.3. The van der Waals surface area contributed by atoms with Gasteiger partial charge in [-0.25, -0.2) is 10.9 Å². The molecular formula is C19H28N2O3. The summed E-state index contributed by atoms with van der Waals surface area (Å²) in [6.45, 7) is 4.35. The van der Waals surface area contributed by atoms with E-state index in [1.165, 1.54) is 5.57 Å². The summed E-state index contributed by atoms with van der Waals surface area (Å²) in [5.74, 6) is 6.27. The van der Waals surface area contributed by atoms with E-state index in [0.29, 0.717) is 18.3 Å². The summed E-state index contributed by atoms with van der Waals surface area (Å²) in [5, 5.41) is 10.9. The Kier molecular flexibility index (Phi) is 3.49. The van der Waals surface area contributed by atoms with Crippen LogP contribution in [-0.4, -0.2) is 28.0 Å². The standard InChI is InChI=1S/C19H28N2O3/c1-18-7-5-12(22)9-11(18)3-4-13-14(18)6-8-19(2)15(13)10-16(23)21(20)17(19)24/h3,12-15,22H,4-10,20H2,1-2H3/t12-,13+,14-,15+,18-,19+/m0/s1. The highest BCUT2D eigenvalue weighted by molar-refractivity contribution is 6.00. The first-order valence-electron chi connectivity index (χ1n) is 9.27. The second-order valence-electron chi connectivity index (χ2n) is 8.89. The molecule has 2 amide bonds. The first kappa shape index (κ1) is 16.3. The van der Waals surface area contributed by atoms with E-state index in [2.05, 4.69) is 13.0 Å². The number of hydrazine groups is 1. The van der Waals surface area contributed by atoms with E-state index in [4.69, 9.17) is 5.84 Å². The van der Waals surface area contributed by atoms with Crippen LogP contribution in [0, 0.1) is 28.6 Å². The molecule has 0 radical (unpaired) electrons. The smallest absolute Gasteiger partial charge is 0.249 e. The fourth-order valence-corrected chi connectivity index (χ4v) is 6.28. The van der Waals surface area contributed by atoms with E-state index in [1.54, 1.807) is 0 Å². The van der Waals surface area contributed by atoms with Crippen LogP contribution in [0.15, 0.2) is 11.6 Å². The number of aliphatic hydroxyl groups excluding tert-OH is 1. The minimum absolute atomic E-state index is 0.0949. The summed E-state index contributed by atoms with van der Waals surface area (Å²) in [5.41, 5.74) is 1.02. The van der Waals surface area contributed by atoms with E-state index < -0.39 is 5.41 Å².